The Balaban J connectivity index is 1.86. The number of carbonyl (C=O) groups is 1. The van der Waals surface area contributed by atoms with E-state index in [1.807, 2.05) is 53.1 Å². The fourth-order valence-corrected chi connectivity index (χ4v) is 5.32. The summed E-state index contributed by atoms with van der Waals surface area (Å²) in [6.07, 6.45) is 0. The lowest BCUT2D eigenvalue weighted by molar-refractivity contribution is 0.0589. The van der Waals surface area contributed by atoms with E-state index in [0.29, 0.717) is 27.3 Å². The van der Waals surface area contributed by atoms with Crippen LogP contribution in [-0.2, 0) is 11.3 Å². The first-order valence-electron chi connectivity index (χ1n) is 9.14. The summed E-state index contributed by atoms with van der Waals surface area (Å²) < 4.78 is 7.95. The van der Waals surface area contributed by atoms with Gasteiger partial charge in [0, 0.05) is 36.2 Å². The van der Waals surface area contributed by atoms with Gasteiger partial charge in [-0.3, -0.25) is 0 Å². The highest BCUT2D eigenvalue weighted by Gasteiger charge is 2.20. The van der Waals surface area contributed by atoms with Gasteiger partial charge in [-0.1, -0.05) is 74.6 Å². The molecule has 1 heterocycles. The van der Waals surface area contributed by atoms with Gasteiger partial charge in [0.2, 0.25) is 0 Å². The quantitative estimate of drug-likeness (QED) is 0.232. The Kier molecular flexibility index (Phi) is 6.89. The minimum Gasteiger partial charge on any atom is -0.464 e. The van der Waals surface area contributed by atoms with Gasteiger partial charge in [-0.25, -0.2) is 4.79 Å². The van der Waals surface area contributed by atoms with E-state index in [0.717, 1.165) is 30.7 Å². The molecule has 0 bridgehead atoms. The zero-order valence-electron chi connectivity index (χ0n) is 16.2. The first-order chi connectivity index (χ1) is 14.9. The Labute approximate surface area is 207 Å². The van der Waals surface area contributed by atoms with Gasteiger partial charge >= 0.3 is 5.97 Å². The summed E-state index contributed by atoms with van der Waals surface area (Å²) in [6, 6.07) is 18.9. The van der Waals surface area contributed by atoms with Crippen LogP contribution in [0.1, 0.15) is 16.1 Å². The molecule has 0 aliphatic rings. The molecule has 0 fully saturated rings. The predicted octanol–water partition coefficient (Wildman–Crippen LogP) is 8.35. The van der Waals surface area contributed by atoms with Crippen molar-refractivity contribution < 1.29 is 9.53 Å². The topological polar surface area (TPSA) is 31.2 Å². The number of halogens is 4. The molecule has 0 amide bonds. The van der Waals surface area contributed by atoms with Crippen LogP contribution in [0.5, 0.6) is 0 Å². The second kappa shape index (κ2) is 9.47. The first-order valence-corrected chi connectivity index (χ1v) is 11.9. The fraction of sp³-hybridized carbons (Fsp3) is 0.0870. The minimum absolute atomic E-state index is 0.412. The van der Waals surface area contributed by atoms with Gasteiger partial charge in [0.1, 0.15) is 5.69 Å². The molecule has 158 valence electrons. The molecule has 0 saturated heterocycles. The number of esters is 1. The Hall–Kier alpha value is -1.63. The van der Waals surface area contributed by atoms with Crippen molar-refractivity contribution in [1.82, 2.24) is 4.57 Å². The monoisotopic (exact) mass is 553 g/mol. The molecule has 0 unspecified atom stereocenters. The average molecular weight is 556 g/mol. The van der Waals surface area contributed by atoms with E-state index in [1.54, 1.807) is 12.1 Å². The molecular weight excluding hydrogens is 541 g/mol. The number of rotatable bonds is 5. The summed E-state index contributed by atoms with van der Waals surface area (Å²) >= 11 is 23.8. The maximum atomic E-state index is 12.6. The Morgan fingerprint density at radius 1 is 0.968 bits per heavy atom. The van der Waals surface area contributed by atoms with Crippen molar-refractivity contribution in [2.45, 2.75) is 16.3 Å². The maximum absolute atomic E-state index is 12.6. The fourth-order valence-electron chi connectivity index (χ4n) is 3.27. The van der Waals surface area contributed by atoms with E-state index >= 15 is 0 Å². The Morgan fingerprint density at radius 3 is 2.39 bits per heavy atom. The minimum atomic E-state index is -0.412. The van der Waals surface area contributed by atoms with Crippen molar-refractivity contribution in [3.8, 4) is 0 Å². The lowest BCUT2D eigenvalue weighted by Crippen LogP contribution is -2.11. The van der Waals surface area contributed by atoms with Crippen molar-refractivity contribution in [1.29, 1.82) is 0 Å². The van der Waals surface area contributed by atoms with Crippen molar-refractivity contribution in [3.63, 3.8) is 0 Å². The van der Waals surface area contributed by atoms with Crippen LogP contribution in [0.15, 0.2) is 74.9 Å². The molecule has 0 spiro atoms. The van der Waals surface area contributed by atoms with Crippen LogP contribution < -0.4 is 0 Å². The molecule has 0 aliphatic heterocycles. The lowest BCUT2D eigenvalue weighted by atomic mass is 10.2. The van der Waals surface area contributed by atoms with Crippen LogP contribution in [-0.4, -0.2) is 17.6 Å². The Morgan fingerprint density at radius 2 is 1.71 bits per heavy atom. The van der Waals surface area contributed by atoms with Crippen molar-refractivity contribution in [2.24, 2.45) is 0 Å². The molecule has 3 nitrogen and oxygen atoms in total. The van der Waals surface area contributed by atoms with Crippen LogP contribution in [0.2, 0.25) is 15.1 Å². The summed E-state index contributed by atoms with van der Waals surface area (Å²) in [5, 5.41) is 2.57. The molecule has 31 heavy (non-hydrogen) atoms. The van der Waals surface area contributed by atoms with Crippen molar-refractivity contribution >= 4 is 79.4 Å². The highest BCUT2D eigenvalue weighted by atomic mass is 79.9. The highest BCUT2D eigenvalue weighted by Crippen LogP contribution is 2.41. The zero-order valence-corrected chi connectivity index (χ0v) is 20.8. The Bertz CT molecular complexity index is 1290. The number of methoxy groups -OCH3 is 1. The summed E-state index contributed by atoms with van der Waals surface area (Å²) in [6.45, 7) is 0.493. The predicted molar refractivity (Wildman–Crippen MR) is 132 cm³/mol. The second-order valence-electron chi connectivity index (χ2n) is 6.75. The number of aromatic nitrogens is 1. The van der Waals surface area contributed by atoms with Gasteiger partial charge in [-0.15, -0.1) is 0 Å². The number of benzene rings is 3. The van der Waals surface area contributed by atoms with E-state index in [-0.39, 0.29) is 0 Å². The van der Waals surface area contributed by atoms with Gasteiger partial charge in [0.05, 0.1) is 17.6 Å². The average Bonchev–Trinajstić information content (AvgIpc) is 3.09. The largest absolute Gasteiger partial charge is 0.464 e. The number of carbonyl (C=O) groups excluding carboxylic acids is 1. The first kappa shape index (κ1) is 22.6. The number of fused-ring (bicyclic) bond motifs is 1. The van der Waals surface area contributed by atoms with E-state index in [9.17, 15) is 4.79 Å². The molecule has 4 rings (SSSR count). The lowest BCUT2D eigenvalue weighted by Gasteiger charge is -2.11. The van der Waals surface area contributed by atoms with Crippen LogP contribution in [0.4, 0.5) is 0 Å². The molecule has 0 radical (unpaired) electrons. The molecule has 8 heteroatoms. The number of hydrogen-bond donors (Lipinski definition) is 0. The van der Waals surface area contributed by atoms with Crippen molar-refractivity contribution in [2.75, 3.05) is 7.11 Å². The third kappa shape index (κ3) is 4.91. The van der Waals surface area contributed by atoms with Gasteiger partial charge in [-0.05, 0) is 54.1 Å². The molecule has 3 aromatic carbocycles. The number of hydrogen-bond acceptors (Lipinski definition) is 3. The second-order valence-corrected chi connectivity index (χ2v) is 10.0. The highest BCUT2D eigenvalue weighted by molar-refractivity contribution is 9.10. The molecule has 0 saturated carbocycles. The molecular formula is C23H15BrCl3NO2S. The van der Waals surface area contributed by atoms with Gasteiger partial charge in [0.15, 0.2) is 0 Å². The standard InChI is InChI=1S/C23H15BrCl3NO2S/c1-30-23(29)20-11-17-19(28(20)12-13-2-4-14(24)5-3-13)9-16(26)10-22(17)31-21-7-6-15(25)8-18(21)27/h2-11H,12H2,1H3. The van der Waals surface area contributed by atoms with Crippen LogP contribution >= 0.6 is 62.5 Å². The third-order valence-corrected chi connectivity index (χ3v) is 7.25. The third-order valence-electron chi connectivity index (χ3n) is 4.71. The maximum Gasteiger partial charge on any atom is 0.354 e. The van der Waals surface area contributed by atoms with E-state index in [4.69, 9.17) is 39.5 Å². The van der Waals surface area contributed by atoms with E-state index in [1.165, 1.54) is 18.9 Å². The number of ether oxygens (including phenoxy) is 1. The van der Waals surface area contributed by atoms with Gasteiger partial charge in [-0.2, -0.15) is 0 Å². The smallest absolute Gasteiger partial charge is 0.354 e. The molecule has 4 aromatic rings. The van der Waals surface area contributed by atoms with Crippen molar-refractivity contribution in [3.05, 3.63) is 91.5 Å². The molecule has 0 atom stereocenters. The van der Waals surface area contributed by atoms with Crippen LogP contribution in [0, 0.1) is 0 Å². The summed E-state index contributed by atoms with van der Waals surface area (Å²) in [5.41, 5.74) is 2.33. The molecule has 0 aliphatic carbocycles. The van der Waals surface area contributed by atoms with Gasteiger partial charge < -0.3 is 9.30 Å². The normalized spacial score (nSPS) is 11.1. The number of nitrogens with zero attached hydrogens (tertiary/aromatic N) is 1. The summed E-state index contributed by atoms with van der Waals surface area (Å²) in [7, 11) is 1.38. The molecule has 0 N–H and O–H groups in total. The van der Waals surface area contributed by atoms with E-state index in [2.05, 4.69) is 15.9 Å². The van der Waals surface area contributed by atoms with Gasteiger partial charge in [0.25, 0.3) is 0 Å². The summed E-state index contributed by atoms with van der Waals surface area (Å²) in [5.74, 6) is -0.412. The van der Waals surface area contributed by atoms with E-state index < -0.39 is 5.97 Å². The van der Waals surface area contributed by atoms with Crippen LogP contribution in [0.25, 0.3) is 10.9 Å². The van der Waals surface area contributed by atoms with Crippen LogP contribution in [0.3, 0.4) is 0 Å². The zero-order chi connectivity index (χ0) is 22.1. The molecule has 1 aromatic heterocycles. The SMILES string of the molecule is COC(=O)c1cc2c(Sc3ccc(Cl)cc3Cl)cc(Cl)cc2n1Cc1ccc(Br)cc1. The summed E-state index contributed by atoms with van der Waals surface area (Å²) in [4.78, 5) is 14.3.